The molecule has 1 aliphatic carbocycles. The maximum atomic E-state index is 11.3. The van der Waals surface area contributed by atoms with Crippen LogP contribution >= 0.6 is 0 Å². The molecule has 2 rings (SSSR count). The van der Waals surface area contributed by atoms with Gasteiger partial charge < -0.3 is 25.7 Å². The number of nitrogens with one attached hydrogen (secondary N) is 1. The second-order valence-electron chi connectivity index (χ2n) is 4.50. The van der Waals surface area contributed by atoms with E-state index in [-0.39, 0.29) is 25.4 Å². The first-order valence-electron chi connectivity index (χ1n) is 4.94. The van der Waals surface area contributed by atoms with Gasteiger partial charge in [0.1, 0.15) is 12.2 Å². The summed E-state index contributed by atoms with van der Waals surface area (Å²) in [7, 11) is 0. The number of carbonyl (C=O) groups excluding carboxylic acids is 1. The van der Waals surface area contributed by atoms with Gasteiger partial charge in [-0.2, -0.15) is 0 Å². The highest BCUT2D eigenvalue weighted by Crippen LogP contribution is 2.42. The first-order chi connectivity index (χ1) is 7.00. The number of amides is 1. The molecule has 0 aromatic heterocycles. The summed E-state index contributed by atoms with van der Waals surface area (Å²) in [5.41, 5.74) is -1.01. The normalized spacial score (nSPS) is 50.0. The molecule has 0 aromatic carbocycles. The van der Waals surface area contributed by atoms with Crippen LogP contribution in [0.5, 0.6) is 0 Å². The van der Waals surface area contributed by atoms with Gasteiger partial charge in [-0.25, -0.2) is 0 Å². The Morgan fingerprint density at radius 1 is 1.33 bits per heavy atom. The highest BCUT2D eigenvalue weighted by molar-refractivity contribution is 5.78. The van der Waals surface area contributed by atoms with Crippen LogP contribution < -0.4 is 5.32 Å². The molecule has 0 aromatic rings. The Kier molecular flexibility index (Phi) is 2.46. The van der Waals surface area contributed by atoms with E-state index < -0.39 is 29.8 Å². The van der Waals surface area contributed by atoms with Gasteiger partial charge in [-0.15, -0.1) is 0 Å². The zero-order valence-electron chi connectivity index (χ0n) is 8.13. The Bertz CT molecular complexity index is 284. The van der Waals surface area contributed by atoms with Crippen LogP contribution in [-0.4, -0.2) is 57.3 Å². The average molecular weight is 217 g/mol. The molecule has 1 saturated heterocycles. The zero-order valence-corrected chi connectivity index (χ0v) is 8.13. The Hall–Kier alpha value is -0.690. The first-order valence-corrected chi connectivity index (χ1v) is 4.94. The van der Waals surface area contributed by atoms with E-state index >= 15 is 0 Å². The van der Waals surface area contributed by atoms with Gasteiger partial charge in [0.25, 0.3) is 0 Å². The third-order valence-electron chi connectivity index (χ3n) is 3.51. The van der Waals surface area contributed by atoms with E-state index in [2.05, 4.69) is 5.32 Å². The number of piperidine rings is 1. The zero-order chi connectivity index (χ0) is 11.2. The van der Waals surface area contributed by atoms with Gasteiger partial charge in [0, 0.05) is 11.8 Å². The van der Waals surface area contributed by atoms with E-state index in [1.807, 2.05) is 0 Å². The number of fused-ring (bicyclic) bond motifs is 2. The highest BCUT2D eigenvalue weighted by atomic mass is 16.4. The van der Waals surface area contributed by atoms with Crippen LogP contribution in [0.25, 0.3) is 0 Å². The molecule has 6 nitrogen and oxygen atoms in total. The number of hydrogen-bond acceptors (Lipinski definition) is 5. The number of aliphatic hydroxyl groups excluding tert-OH is 4. The quantitative estimate of drug-likeness (QED) is 0.329. The largest absolute Gasteiger partial charge is 0.396 e. The summed E-state index contributed by atoms with van der Waals surface area (Å²) in [6.07, 6.45) is -3.50. The summed E-state index contributed by atoms with van der Waals surface area (Å²) < 4.78 is 0. The Morgan fingerprint density at radius 3 is 2.60 bits per heavy atom. The van der Waals surface area contributed by atoms with Gasteiger partial charge in [0.05, 0.1) is 18.8 Å². The fraction of sp³-hybridized carbons (Fsp3) is 0.889. The standard InChI is InChI=1S/C9H15NO5/c11-3-9-1-4(10-5(12)2-9)6(13)7(14)8(9)15/h4,6-8,11,13-15H,1-3H2,(H,10,12). The third-order valence-corrected chi connectivity index (χ3v) is 3.51. The van der Waals surface area contributed by atoms with Crippen molar-refractivity contribution in [3.8, 4) is 0 Å². The molecule has 6 heteroatoms. The first kappa shape index (κ1) is 10.8. The van der Waals surface area contributed by atoms with Crippen molar-refractivity contribution in [2.45, 2.75) is 37.2 Å². The van der Waals surface area contributed by atoms with Gasteiger partial charge in [-0.3, -0.25) is 4.79 Å². The fourth-order valence-electron chi connectivity index (χ4n) is 2.57. The fourth-order valence-corrected chi connectivity index (χ4v) is 2.57. The lowest BCUT2D eigenvalue weighted by molar-refractivity contribution is -0.188. The second-order valence-corrected chi connectivity index (χ2v) is 4.50. The maximum Gasteiger partial charge on any atom is 0.221 e. The van der Waals surface area contributed by atoms with E-state index in [9.17, 15) is 25.2 Å². The second kappa shape index (κ2) is 3.41. The van der Waals surface area contributed by atoms with E-state index in [4.69, 9.17) is 0 Å². The smallest absolute Gasteiger partial charge is 0.221 e. The van der Waals surface area contributed by atoms with Crippen LogP contribution in [-0.2, 0) is 4.79 Å². The molecule has 5 N–H and O–H groups in total. The molecule has 1 heterocycles. The van der Waals surface area contributed by atoms with Gasteiger partial charge in [-0.1, -0.05) is 0 Å². The van der Waals surface area contributed by atoms with Crippen molar-refractivity contribution in [2.24, 2.45) is 5.41 Å². The maximum absolute atomic E-state index is 11.3. The van der Waals surface area contributed by atoms with Crippen molar-refractivity contribution in [1.82, 2.24) is 5.32 Å². The highest BCUT2D eigenvalue weighted by Gasteiger charge is 2.55. The van der Waals surface area contributed by atoms with Crippen molar-refractivity contribution < 1.29 is 25.2 Å². The number of carbonyl (C=O) groups is 1. The average Bonchev–Trinajstić information content (AvgIpc) is 2.23. The molecule has 15 heavy (non-hydrogen) atoms. The van der Waals surface area contributed by atoms with E-state index in [1.165, 1.54) is 0 Å². The molecule has 0 spiro atoms. The summed E-state index contributed by atoms with van der Waals surface area (Å²) >= 11 is 0. The van der Waals surface area contributed by atoms with Gasteiger partial charge >= 0.3 is 0 Å². The summed E-state index contributed by atoms with van der Waals surface area (Å²) in [6.45, 7) is -0.373. The molecule has 2 bridgehead atoms. The minimum atomic E-state index is -1.32. The van der Waals surface area contributed by atoms with E-state index in [0.29, 0.717) is 0 Å². The lowest BCUT2D eigenvalue weighted by Crippen LogP contribution is -2.68. The van der Waals surface area contributed by atoms with E-state index in [1.54, 1.807) is 0 Å². The number of hydrogen-bond donors (Lipinski definition) is 5. The molecule has 5 atom stereocenters. The van der Waals surface area contributed by atoms with Crippen LogP contribution in [0.4, 0.5) is 0 Å². The lowest BCUT2D eigenvalue weighted by atomic mass is 9.64. The molecule has 1 saturated carbocycles. The van der Waals surface area contributed by atoms with Crippen LogP contribution in [0.1, 0.15) is 12.8 Å². The van der Waals surface area contributed by atoms with Crippen LogP contribution in [0.2, 0.25) is 0 Å². The Labute approximate surface area is 86.5 Å². The van der Waals surface area contributed by atoms with Crippen molar-refractivity contribution in [2.75, 3.05) is 6.61 Å². The molecule has 0 radical (unpaired) electrons. The molecule has 1 amide bonds. The predicted molar refractivity (Wildman–Crippen MR) is 48.7 cm³/mol. The lowest BCUT2D eigenvalue weighted by Gasteiger charge is -2.51. The molecular formula is C9H15NO5. The van der Waals surface area contributed by atoms with Crippen molar-refractivity contribution >= 4 is 5.91 Å². The third kappa shape index (κ3) is 1.45. The number of rotatable bonds is 1. The Morgan fingerprint density at radius 2 is 2.00 bits per heavy atom. The van der Waals surface area contributed by atoms with Crippen LogP contribution in [0.3, 0.4) is 0 Å². The predicted octanol–water partition coefficient (Wildman–Crippen LogP) is -2.66. The molecule has 2 aliphatic rings. The van der Waals surface area contributed by atoms with E-state index in [0.717, 1.165) is 0 Å². The van der Waals surface area contributed by atoms with Gasteiger partial charge in [-0.05, 0) is 6.42 Å². The molecule has 5 unspecified atom stereocenters. The summed E-state index contributed by atoms with van der Waals surface area (Å²) in [5.74, 6) is -0.315. The topological polar surface area (TPSA) is 110 Å². The minimum Gasteiger partial charge on any atom is -0.396 e. The number of aliphatic hydroxyl groups is 4. The van der Waals surface area contributed by atoms with Crippen molar-refractivity contribution in [3.05, 3.63) is 0 Å². The van der Waals surface area contributed by atoms with Gasteiger partial charge in [0.15, 0.2) is 0 Å². The molecule has 1 aliphatic heterocycles. The van der Waals surface area contributed by atoms with Crippen LogP contribution in [0, 0.1) is 5.41 Å². The Balaban J connectivity index is 2.32. The summed E-state index contributed by atoms with van der Waals surface area (Å²) in [5, 5.41) is 40.7. The molecule has 2 fully saturated rings. The van der Waals surface area contributed by atoms with Crippen molar-refractivity contribution in [1.29, 1.82) is 0 Å². The molecule has 86 valence electrons. The summed E-state index contributed by atoms with van der Waals surface area (Å²) in [6, 6.07) is -0.586. The van der Waals surface area contributed by atoms with Gasteiger partial charge in [0.2, 0.25) is 5.91 Å². The molecular weight excluding hydrogens is 202 g/mol. The summed E-state index contributed by atoms with van der Waals surface area (Å²) in [4.78, 5) is 11.3. The van der Waals surface area contributed by atoms with Crippen molar-refractivity contribution in [3.63, 3.8) is 0 Å². The van der Waals surface area contributed by atoms with Crippen LogP contribution in [0.15, 0.2) is 0 Å². The monoisotopic (exact) mass is 217 g/mol. The minimum absolute atomic E-state index is 0.0229. The SMILES string of the molecule is O=C1CC2(CO)CC(N1)C(O)C(O)C2O.